The molecule has 1 spiro atoms. The van der Waals surface area contributed by atoms with Gasteiger partial charge in [-0.1, -0.05) is 48.0 Å². The summed E-state index contributed by atoms with van der Waals surface area (Å²) in [5.41, 5.74) is 2.97. The Morgan fingerprint density at radius 3 is 2.60 bits per heavy atom. The first kappa shape index (κ1) is 21.0. The highest BCUT2D eigenvalue weighted by Gasteiger charge is 2.43. The van der Waals surface area contributed by atoms with Gasteiger partial charge in [-0.3, -0.25) is 4.99 Å². The second kappa shape index (κ2) is 8.49. The third-order valence-corrected chi connectivity index (χ3v) is 8.19. The van der Waals surface area contributed by atoms with Crippen LogP contribution in [0.15, 0.2) is 58.4 Å². The second-order valence-corrected chi connectivity index (χ2v) is 10.2. The Labute approximate surface area is 179 Å². The van der Waals surface area contributed by atoms with Crippen LogP contribution < -0.4 is 10.6 Å². The van der Waals surface area contributed by atoms with Crippen molar-refractivity contribution in [1.82, 2.24) is 14.9 Å². The molecular weight excluding hydrogens is 396 g/mol. The van der Waals surface area contributed by atoms with Gasteiger partial charge in [0.1, 0.15) is 5.84 Å². The summed E-state index contributed by atoms with van der Waals surface area (Å²) in [5, 5.41) is 7.18. The summed E-state index contributed by atoms with van der Waals surface area (Å²) in [7, 11) is -3.48. The molecule has 1 saturated heterocycles. The summed E-state index contributed by atoms with van der Waals surface area (Å²) in [6, 6.07) is 15.6. The minimum absolute atomic E-state index is 0.278. The molecular formula is C23H30N4O2S. The molecule has 0 aromatic heterocycles. The average molecular weight is 427 g/mol. The molecule has 2 heterocycles. The molecule has 0 bridgehead atoms. The molecule has 6 nitrogen and oxygen atoms in total. The highest BCUT2D eigenvalue weighted by atomic mass is 32.2. The van der Waals surface area contributed by atoms with Gasteiger partial charge in [-0.25, -0.2) is 8.42 Å². The molecule has 2 aromatic rings. The number of hydrogen-bond donors (Lipinski definition) is 2. The number of nitrogens with one attached hydrogen (secondary N) is 2. The van der Waals surface area contributed by atoms with Gasteiger partial charge in [0.25, 0.3) is 0 Å². The number of benzene rings is 2. The first-order chi connectivity index (χ1) is 14.4. The van der Waals surface area contributed by atoms with Crippen molar-refractivity contribution < 1.29 is 8.42 Å². The fraction of sp³-hybridized carbons (Fsp3) is 0.435. The predicted molar refractivity (Wildman–Crippen MR) is 120 cm³/mol. The monoisotopic (exact) mass is 426 g/mol. The van der Waals surface area contributed by atoms with E-state index in [0.717, 1.165) is 31.0 Å². The molecule has 0 aliphatic carbocycles. The Hall–Kier alpha value is -2.22. The Bertz CT molecular complexity index is 1040. The van der Waals surface area contributed by atoms with Crippen LogP contribution in [-0.4, -0.2) is 50.3 Å². The first-order valence-electron chi connectivity index (χ1n) is 10.6. The lowest BCUT2D eigenvalue weighted by molar-refractivity contribution is 0.241. The lowest BCUT2D eigenvalue weighted by Gasteiger charge is -2.44. The van der Waals surface area contributed by atoms with Crippen molar-refractivity contribution in [2.24, 2.45) is 4.99 Å². The van der Waals surface area contributed by atoms with Crippen LogP contribution in [0.1, 0.15) is 29.5 Å². The van der Waals surface area contributed by atoms with E-state index in [9.17, 15) is 8.42 Å². The summed E-state index contributed by atoms with van der Waals surface area (Å²) in [6.45, 7) is 7.18. The van der Waals surface area contributed by atoms with Crippen LogP contribution in [-0.2, 0) is 16.6 Å². The van der Waals surface area contributed by atoms with Gasteiger partial charge < -0.3 is 10.6 Å². The Morgan fingerprint density at radius 2 is 1.87 bits per heavy atom. The van der Waals surface area contributed by atoms with E-state index in [4.69, 9.17) is 4.99 Å². The zero-order valence-electron chi connectivity index (χ0n) is 17.7. The number of nitrogens with zero attached hydrogens (tertiary/aromatic N) is 2. The van der Waals surface area contributed by atoms with E-state index in [0.29, 0.717) is 30.8 Å². The van der Waals surface area contributed by atoms with E-state index in [1.54, 1.807) is 16.4 Å². The van der Waals surface area contributed by atoms with Gasteiger partial charge in [-0.15, -0.1) is 0 Å². The minimum Gasteiger partial charge on any atom is -0.368 e. The molecule has 7 heteroatoms. The van der Waals surface area contributed by atoms with Crippen molar-refractivity contribution in [2.45, 2.75) is 43.7 Å². The number of piperidine rings is 1. The molecule has 0 atom stereocenters. The van der Waals surface area contributed by atoms with Gasteiger partial charge in [0.2, 0.25) is 10.0 Å². The van der Waals surface area contributed by atoms with Crippen molar-refractivity contribution in [1.29, 1.82) is 0 Å². The molecule has 2 aliphatic heterocycles. The number of amidine groups is 1. The summed E-state index contributed by atoms with van der Waals surface area (Å²) >= 11 is 0. The van der Waals surface area contributed by atoms with Gasteiger partial charge in [-0.05, 0) is 43.9 Å². The molecule has 160 valence electrons. The molecule has 2 aliphatic rings. The summed E-state index contributed by atoms with van der Waals surface area (Å²) < 4.78 is 27.9. The van der Waals surface area contributed by atoms with Crippen LogP contribution in [0.3, 0.4) is 0 Å². The summed E-state index contributed by atoms with van der Waals surface area (Å²) in [5.74, 6) is 0.961. The average Bonchev–Trinajstić information content (AvgIpc) is 2.74. The normalized spacial score (nSPS) is 19.5. The van der Waals surface area contributed by atoms with Crippen molar-refractivity contribution in [2.75, 3.05) is 26.2 Å². The molecule has 0 amide bonds. The number of aliphatic imine (C=N–C) groups is 1. The van der Waals surface area contributed by atoms with E-state index in [1.165, 1.54) is 11.1 Å². The Morgan fingerprint density at radius 1 is 1.10 bits per heavy atom. The maximum Gasteiger partial charge on any atom is 0.243 e. The quantitative estimate of drug-likeness (QED) is 0.788. The third-order valence-electron chi connectivity index (χ3n) is 6.13. The van der Waals surface area contributed by atoms with E-state index >= 15 is 0 Å². The molecule has 2 N–H and O–H groups in total. The number of hydrogen-bond acceptors (Lipinski definition) is 5. The number of sulfonamides is 1. The number of aryl methyl sites for hydroxylation is 2. The van der Waals surface area contributed by atoms with Crippen molar-refractivity contribution in [3.8, 4) is 0 Å². The minimum atomic E-state index is -3.48. The maximum absolute atomic E-state index is 13.2. The van der Waals surface area contributed by atoms with Gasteiger partial charge in [0.15, 0.2) is 0 Å². The molecule has 2 aromatic carbocycles. The molecule has 4 rings (SSSR count). The standard InChI is InChI=1S/C23H30N4O2S/c1-18-6-5-8-20(16-18)17-25-22-23(26-13-12-24-22)10-14-27(15-11-23)30(28,29)21-9-4-3-7-19(21)2/h3-9,16,26H,10-15,17H2,1-2H3,(H,24,25). The SMILES string of the molecule is Cc1cccc(CNC2=NCCNC23CCN(S(=O)(=O)c2ccccc2C)CC3)c1. The highest BCUT2D eigenvalue weighted by Crippen LogP contribution is 2.29. The smallest absolute Gasteiger partial charge is 0.243 e. The molecule has 0 saturated carbocycles. The third kappa shape index (κ3) is 4.15. The molecule has 1 fully saturated rings. The van der Waals surface area contributed by atoms with Gasteiger partial charge in [-0.2, -0.15) is 4.31 Å². The largest absolute Gasteiger partial charge is 0.368 e. The Balaban J connectivity index is 1.47. The summed E-state index contributed by atoms with van der Waals surface area (Å²) in [6.07, 6.45) is 1.41. The van der Waals surface area contributed by atoms with Crippen LogP contribution >= 0.6 is 0 Å². The molecule has 30 heavy (non-hydrogen) atoms. The van der Waals surface area contributed by atoms with E-state index < -0.39 is 10.0 Å². The molecule has 0 radical (unpaired) electrons. The highest BCUT2D eigenvalue weighted by molar-refractivity contribution is 7.89. The molecule has 0 unspecified atom stereocenters. The van der Waals surface area contributed by atoms with E-state index in [-0.39, 0.29) is 5.54 Å². The van der Waals surface area contributed by atoms with Crippen LogP contribution in [0.4, 0.5) is 0 Å². The predicted octanol–water partition coefficient (Wildman–Crippen LogP) is 2.62. The topological polar surface area (TPSA) is 73.8 Å². The van der Waals surface area contributed by atoms with Crippen molar-refractivity contribution in [3.05, 3.63) is 65.2 Å². The van der Waals surface area contributed by atoms with E-state index in [2.05, 4.69) is 41.8 Å². The van der Waals surface area contributed by atoms with Gasteiger partial charge in [0.05, 0.1) is 17.0 Å². The van der Waals surface area contributed by atoms with Crippen LogP contribution in [0.5, 0.6) is 0 Å². The van der Waals surface area contributed by atoms with Crippen LogP contribution in [0.25, 0.3) is 0 Å². The Kier molecular flexibility index (Phi) is 5.95. The second-order valence-electron chi connectivity index (χ2n) is 8.25. The zero-order chi connectivity index (χ0) is 21.2. The first-order valence-corrected chi connectivity index (χ1v) is 12.0. The number of rotatable bonds is 4. The lowest BCUT2D eigenvalue weighted by atomic mass is 9.85. The van der Waals surface area contributed by atoms with Crippen LogP contribution in [0, 0.1) is 13.8 Å². The fourth-order valence-electron chi connectivity index (χ4n) is 4.44. The van der Waals surface area contributed by atoms with E-state index in [1.807, 2.05) is 19.1 Å². The van der Waals surface area contributed by atoms with Crippen molar-refractivity contribution >= 4 is 15.9 Å². The zero-order valence-corrected chi connectivity index (χ0v) is 18.5. The lowest BCUT2D eigenvalue weighted by Crippen LogP contribution is -2.64. The van der Waals surface area contributed by atoms with Gasteiger partial charge in [0, 0.05) is 26.2 Å². The maximum atomic E-state index is 13.2. The fourth-order valence-corrected chi connectivity index (χ4v) is 6.10. The van der Waals surface area contributed by atoms with Crippen LogP contribution in [0.2, 0.25) is 0 Å². The van der Waals surface area contributed by atoms with Gasteiger partial charge >= 0.3 is 0 Å². The summed E-state index contributed by atoms with van der Waals surface area (Å²) in [4.78, 5) is 5.18. The van der Waals surface area contributed by atoms with Crippen molar-refractivity contribution in [3.63, 3.8) is 0 Å².